The number of carbonyl (C=O) groups is 1. The van der Waals surface area contributed by atoms with Crippen LogP contribution in [0.4, 0.5) is 0 Å². The zero-order valence-electron chi connectivity index (χ0n) is 12.9. The lowest BCUT2D eigenvalue weighted by molar-refractivity contribution is -0.134. The number of carbonyl (C=O) groups excluding carboxylic acids is 1. The SMILES string of the molecule is Cc1nn(C)c(C)c1CC(=O)N(C)C1CCCCC1O. The number of aryl methyl sites for hydroxylation is 2. The van der Waals surface area contributed by atoms with Crippen molar-refractivity contribution in [1.29, 1.82) is 0 Å². The van der Waals surface area contributed by atoms with Gasteiger partial charge < -0.3 is 10.0 Å². The summed E-state index contributed by atoms with van der Waals surface area (Å²) in [5.41, 5.74) is 2.96. The van der Waals surface area contributed by atoms with Crippen molar-refractivity contribution in [2.45, 2.75) is 58.1 Å². The number of aliphatic hydroxyl groups excluding tert-OH is 1. The van der Waals surface area contributed by atoms with Crippen molar-refractivity contribution in [2.75, 3.05) is 7.05 Å². The first-order valence-corrected chi connectivity index (χ1v) is 7.34. The van der Waals surface area contributed by atoms with Crippen LogP contribution in [0.15, 0.2) is 0 Å². The molecule has 1 aliphatic carbocycles. The van der Waals surface area contributed by atoms with Gasteiger partial charge in [0.1, 0.15) is 0 Å². The quantitative estimate of drug-likeness (QED) is 0.908. The molecule has 1 aromatic rings. The van der Waals surface area contributed by atoms with Crippen LogP contribution < -0.4 is 0 Å². The molecule has 1 amide bonds. The maximum absolute atomic E-state index is 12.4. The normalized spacial score (nSPS) is 22.9. The Morgan fingerprint density at radius 2 is 2.05 bits per heavy atom. The minimum absolute atomic E-state index is 0.0338. The molecule has 1 saturated carbocycles. The molecule has 2 rings (SSSR count). The van der Waals surface area contributed by atoms with Crippen LogP contribution >= 0.6 is 0 Å². The Morgan fingerprint density at radius 1 is 1.40 bits per heavy atom. The summed E-state index contributed by atoms with van der Waals surface area (Å²) in [6, 6.07) is -0.0338. The van der Waals surface area contributed by atoms with Gasteiger partial charge in [-0.3, -0.25) is 9.48 Å². The van der Waals surface area contributed by atoms with Crippen LogP contribution in [0.1, 0.15) is 42.6 Å². The molecule has 1 aromatic heterocycles. The second kappa shape index (κ2) is 5.95. The number of hydrogen-bond donors (Lipinski definition) is 1. The third kappa shape index (κ3) is 2.87. The summed E-state index contributed by atoms with van der Waals surface area (Å²) in [4.78, 5) is 14.2. The van der Waals surface area contributed by atoms with Gasteiger partial charge in [-0.05, 0) is 26.7 Å². The number of aromatic nitrogens is 2. The first kappa shape index (κ1) is 15.0. The second-order valence-electron chi connectivity index (χ2n) is 5.87. The molecule has 1 N–H and O–H groups in total. The zero-order chi connectivity index (χ0) is 14.9. The fourth-order valence-corrected chi connectivity index (χ4v) is 3.08. The molecular formula is C15H25N3O2. The summed E-state index contributed by atoms with van der Waals surface area (Å²) >= 11 is 0. The molecule has 5 nitrogen and oxygen atoms in total. The molecule has 0 bridgehead atoms. The van der Waals surface area contributed by atoms with Crippen LogP contribution in [0, 0.1) is 13.8 Å². The number of nitrogens with zero attached hydrogens (tertiary/aromatic N) is 3. The molecule has 0 aromatic carbocycles. The Labute approximate surface area is 120 Å². The monoisotopic (exact) mass is 279 g/mol. The molecule has 0 aliphatic heterocycles. The van der Waals surface area contributed by atoms with Gasteiger partial charge in [0.2, 0.25) is 5.91 Å². The van der Waals surface area contributed by atoms with Gasteiger partial charge in [-0.15, -0.1) is 0 Å². The lowest BCUT2D eigenvalue weighted by Crippen LogP contribution is -2.46. The highest BCUT2D eigenvalue weighted by molar-refractivity contribution is 5.79. The minimum Gasteiger partial charge on any atom is -0.391 e. The summed E-state index contributed by atoms with van der Waals surface area (Å²) in [6.45, 7) is 3.92. The molecule has 20 heavy (non-hydrogen) atoms. The lowest BCUT2D eigenvalue weighted by Gasteiger charge is -2.35. The molecule has 112 valence electrons. The van der Waals surface area contributed by atoms with Gasteiger partial charge in [0.25, 0.3) is 0 Å². The molecule has 1 aliphatic rings. The van der Waals surface area contributed by atoms with Crippen LogP contribution in [0.2, 0.25) is 0 Å². The van der Waals surface area contributed by atoms with Gasteiger partial charge in [-0.1, -0.05) is 12.8 Å². The lowest BCUT2D eigenvalue weighted by atomic mass is 9.91. The van der Waals surface area contributed by atoms with E-state index in [1.807, 2.05) is 32.6 Å². The van der Waals surface area contributed by atoms with Crippen LogP contribution in [0.5, 0.6) is 0 Å². The average Bonchev–Trinajstić information content (AvgIpc) is 2.65. The summed E-state index contributed by atoms with van der Waals surface area (Å²) in [7, 11) is 3.70. The highest BCUT2D eigenvalue weighted by Gasteiger charge is 2.29. The fraction of sp³-hybridized carbons (Fsp3) is 0.733. The molecule has 0 spiro atoms. The van der Waals surface area contributed by atoms with E-state index in [0.717, 1.165) is 42.6 Å². The van der Waals surface area contributed by atoms with Gasteiger partial charge in [-0.2, -0.15) is 5.10 Å². The largest absolute Gasteiger partial charge is 0.391 e. The number of hydrogen-bond acceptors (Lipinski definition) is 3. The Hall–Kier alpha value is -1.36. The van der Waals surface area contributed by atoms with E-state index in [1.54, 1.807) is 4.90 Å². The fourth-order valence-electron chi connectivity index (χ4n) is 3.08. The molecule has 2 unspecified atom stereocenters. The van der Waals surface area contributed by atoms with Gasteiger partial charge in [-0.25, -0.2) is 0 Å². The summed E-state index contributed by atoms with van der Waals surface area (Å²) in [5.74, 6) is 0.0650. The maximum Gasteiger partial charge on any atom is 0.227 e. The number of rotatable bonds is 3. The van der Waals surface area contributed by atoms with Crippen molar-refractivity contribution in [1.82, 2.24) is 14.7 Å². The van der Waals surface area contributed by atoms with E-state index in [0.29, 0.717) is 6.42 Å². The van der Waals surface area contributed by atoms with Crippen molar-refractivity contribution in [3.63, 3.8) is 0 Å². The summed E-state index contributed by atoms with van der Waals surface area (Å²) in [6.07, 6.45) is 3.83. The third-order valence-electron chi connectivity index (χ3n) is 4.57. The summed E-state index contributed by atoms with van der Waals surface area (Å²) < 4.78 is 1.81. The minimum atomic E-state index is -0.381. The molecule has 5 heteroatoms. The Bertz CT molecular complexity index is 496. The van der Waals surface area contributed by atoms with Crippen molar-refractivity contribution in [3.05, 3.63) is 17.0 Å². The van der Waals surface area contributed by atoms with Crippen LogP contribution in [-0.4, -0.2) is 44.9 Å². The van der Waals surface area contributed by atoms with Crippen LogP contribution in [-0.2, 0) is 18.3 Å². The van der Waals surface area contributed by atoms with Crippen molar-refractivity contribution >= 4 is 5.91 Å². The number of amides is 1. The maximum atomic E-state index is 12.4. The van der Waals surface area contributed by atoms with E-state index < -0.39 is 0 Å². The van der Waals surface area contributed by atoms with Crippen molar-refractivity contribution in [2.24, 2.45) is 7.05 Å². The van der Waals surface area contributed by atoms with Crippen LogP contribution in [0.25, 0.3) is 0 Å². The van der Waals surface area contributed by atoms with E-state index in [-0.39, 0.29) is 18.1 Å². The number of aliphatic hydroxyl groups is 1. The van der Waals surface area contributed by atoms with Crippen LogP contribution in [0.3, 0.4) is 0 Å². The molecule has 1 fully saturated rings. The Morgan fingerprint density at radius 3 is 2.60 bits per heavy atom. The highest BCUT2D eigenvalue weighted by Crippen LogP contribution is 2.23. The molecule has 0 radical (unpaired) electrons. The first-order valence-electron chi connectivity index (χ1n) is 7.34. The first-order chi connectivity index (χ1) is 9.41. The molecule has 1 heterocycles. The molecule has 2 atom stereocenters. The topological polar surface area (TPSA) is 58.4 Å². The average molecular weight is 279 g/mol. The molecular weight excluding hydrogens is 254 g/mol. The second-order valence-corrected chi connectivity index (χ2v) is 5.87. The van der Waals surface area contributed by atoms with E-state index in [2.05, 4.69) is 5.10 Å². The van der Waals surface area contributed by atoms with E-state index in [1.165, 1.54) is 0 Å². The van der Waals surface area contributed by atoms with Gasteiger partial charge in [0.15, 0.2) is 0 Å². The van der Waals surface area contributed by atoms with Crippen molar-refractivity contribution < 1.29 is 9.90 Å². The van der Waals surface area contributed by atoms with E-state index >= 15 is 0 Å². The Kier molecular flexibility index (Phi) is 4.48. The van der Waals surface area contributed by atoms with Gasteiger partial charge in [0.05, 0.1) is 24.3 Å². The van der Waals surface area contributed by atoms with Crippen molar-refractivity contribution in [3.8, 4) is 0 Å². The highest BCUT2D eigenvalue weighted by atomic mass is 16.3. The third-order valence-corrected chi connectivity index (χ3v) is 4.57. The zero-order valence-corrected chi connectivity index (χ0v) is 12.9. The summed E-state index contributed by atoms with van der Waals surface area (Å²) in [5, 5.41) is 14.4. The number of likely N-dealkylation sites (N-methyl/N-ethyl adjacent to an activating group) is 1. The van der Waals surface area contributed by atoms with Gasteiger partial charge >= 0.3 is 0 Å². The Balaban J connectivity index is 2.07. The van der Waals surface area contributed by atoms with Gasteiger partial charge in [0, 0.05) is 25.4 Å². The predicted molar refractivity (Wildman–Crippen MR) is 77.4 cm³/mol. The molecule has 0 saturated heterocycles. The predicted octanol–water partition coefficient (Wildman–Crippen LogP) is 1.34. The standard InChI is InChI=1S/C15H25N3O2/c1-10-12(11(2)18(4)16-10)9-15(20)17(3)13-7-5-6-8-14(13)19/h13-14,19H,5-9H2,1-4H3. The van der Waals surface area contributed by atoms with E-state index in [9.17, 15) is 9.90 Å². The van der Waals surface area contributed by atoms with E-state index in [4.69, 9.17) is 0 Å². The smallest absolute Gasteiger partial charge is 0.227 e.